The number of carbonyl (C=O) groups excluding carboxylic acids is 2. The molecule has 0 bridgehead atoms. The van der Waals surface area contributed by atoms with Gasteiger partial charge in [-0.25, -0.2) is 13.2 Å². The molecule has 0 saturated heterocycles. The number of esters is 1. The molecule has 0 radical (unpaired) electrons. The first kappa shape index (κ1) is 21.4. The zero-order valence-corrected chi connectivity index (χ0v) is 16.7. The van der Waals surface area contributed by atoms with E-state index < -0.39 is 21.9 Å². The summed E-state index contributed by atoms with van der Waals surface area (Å²) in [7, 11) is -3.01. The molecule has 0 fully saturated rings. The van der Waals surface area contributed by atoms with Crippen LogP contribution < -0.4 is 15.2 Å². The van der Waals surface area contributed by atoms with Gasteiger partial charge in [0.15, 0.2) is 0 Å². The maximum Gasteiger partial charge on any atom is 0.339 e. The Kier molecular flexibility index (Phi) is 7.13. The summed E-state index contributed by atoms with van der Waals surface area (Å²) in [5.41, 5.74) is 3.28. The second-order valence-corrected chi connectivity index (χ2v) is 7.42. The van der Waals surface area contributed by atoms with Crippen LogP contribution in [0.3, 0.4) is 0 Å². The molecule has 0 aliphatic heterocycles. The minimum Gasteiger partial charge on any atom is -0.465 e. The Morgan fingerprint density at radius 3 is 2.18 bits per heavy atom. The molecule has 0 aliphatic carbocycles. The maximum atomic E-state index is 12.5. The van der Waals surface area contributed by atoms with Gasteiger partial charge in [0.05, 0.1) is 17.6 Å². The van der Waals surface area contributed by atoms with Crippen molar-refractivity contribution >= 4 is 27.6 Å². The third kappa shape index (κ3) is 4.87. The fourth-order valence-electron chi connectivity index (χ4n) is 2.63. The zero-order valence-electron chi connectivity index (χ0n) is 15.9. The number of ether oxygens (including phenoxy) is 1. The predicted octanol–water partition coefficient (Wildman–Crippen LogP) is 1.94. The lowest BCUT2D eigenvalue weighted by Gasteiger charge is -2.21. The van der Waals surface area contributed by atoms with Gasteiger partial charge in [0.2, 0.25) is 0 Å². The Labute approximate surface area is 164 Å². The predicted molar refractivity (Wildman–Crippen MR) is 106 cm³/mol. The second-order valence-electron chi connectivity index (χ2n) is 5.77. The highest BCUT2D eigenvalue weighted by Gasteiger charge is 2.23. The smallest absolute Gasteiger partial charge is 0.339 e. The Morgan fingerprint density at radius 2 is 1.61 bits per heavy atom. The van der Waals surface area contributed by atoms with Gasteiger partial charge in [-0.2, -0.15) is 0 Å². The number of methoxy groups -OCH3 is 1. The van der Waals surface area contributed by atoms with E-state index in [1.807, 2.05) is 18.7 Å². The summed E-state index contributed by atoms with van der Waals surface area (Å²) in [6.07, 6.45) is 0. The van der Waals surface area contributed by atoms with E-state index in [4.69, 9.17) is 0 Å². The minimum atomic E-state index is -4.17. The van der Waals surface area contributed by atoms with Crippen molar-refractivity contribution in [2.45, 2.75) is 18.7 Å². The molecule has 0 aromatic heterocycles. The van der Waals surface area contributed by atoms with Gasteiger partial charge in [-0.15, -0.1) is 4.83 Å². The standard InChI is InChI=1S/C19H23N3O5S/c1-4-22(5-2)15-12-10-14(11-13-15)18(23)20-21-28(25,26)17-9-7-6-8-16(17)19(24)27-3/h6-13,21H,4-5H2,1-3H3,(H,20,23). The summed E-state index contributed by atoms with van der Waals surface area (Å²) in [5, 5.41) is 0. The fraction of sp³-hybridized carbons (Fsp3) is 0.263. The van der Waals surface area contributed by atoms with E-state index in [1.54, 1.807) is 24.3 Å². The lowest BCUT2D eigenvalue weighted by molar-refractivity contribution is 0.0596. The number of nitrogens with zero attached hydrogens (tertiary/aromatic N) is 1. The molecule has 0 atom stereocenters. The first-order chi connectivity index (χ1) is 13.3. The number of hydrazine groups is 1. The molecule has 0 saturated carbocycles. The van der Waals surface area contributed by atoms with Gasteiger partial charge in [0.25, 0.3) is 15.9 Å². The van der Waals surface area contributed by atoms with Gasteiger partial charge >= 0.3 is 5.97 Å². The number of hydrogen-bond donors (Lipinski definition) is 2. The van der Waals surface area contributed by atoms with Crippen molar-refractivity contribution in [3.8, 4) is 0 Å². The van der Waals surface area contributed by atoms with Crippen molar-refractivity contribution in [2.24, 2.45) is 0 Å². The van der Waals surface area contributed by atoms with Crippen LogP contribution in [-0.4, -0.2) is 40.5 Å². The first-order valence-electron chi connectivity index (χ1n) is 8.68. The molecule has 28 heavy (non-hydrogen) atoms. The van der Waals surface area contributed by atoms with Gasteiger partial charge in [-0.3, -0.25) is 10.2 Å². The monoisotopic (exact) mass is 405 g/mol. The van der Waals surface area contributed by atoms with Crippen LogP contribution in [0.25, 0.3) is 0 Å². The molecule has 9 heteroatoms. The van der Waals surface area contributed by atoms with Crippen molar-refractivity contribution in [3.05, 3.63) is 59.7 Å². The molecule has 1 amide bonds. The summed E-state index contributed by atoms with van der Waals surface area (Å²) in [4.78, 5) is 27.9. The van der Waals surface area contributed by atoms with Gasteiger partial charge in [-0.1, -0.05) is 12.1 Å². The topological polar surface area (TPSA) is 105 Å². The number of sulfonamides is 1. The van der Waals surface area contributed by atoms with Crippen LogP contribution in [0.2, 0.25) is 0 Å². The van der Waals surface area contributed by atoms with Crippen LogP contribution in [0.4, 0.5) is 5.69 Å². The maximum absolute atomic E-state index is 12.5. The highest BCUT2D eigenvalue weighted by Crippen LogP contribution is 2.17. The molecule has 2 rings (SSSR count). The summed E-state index contributed by atoms with van der Waals surface area (Å²) < 4.78 is 29.6. The van der Waals surface area contributed by atoms with E-state index >= 15 is 0 Å². The number of carbonyl (C=O) groups is 2. The van der Waals surface area contributed by atoms with Crippen molar-refractivity contribution in [3.63, 3.8) is 0 Å². The zero-order chi connectivity index (χ0) is 20.7. The summed E-state index contributed by atoms with van der Waals surface area (Å²) >= 11 is 0. The molecule has 150 valence electrons. The third-order valence-electron chi connectivity index (χ3n) is 4.14. The van der Waals surface area contributed by atoms with E-state index in [2.05, 4.69) is 15.1 Å². The molecule has 8 nitrogen and oxygen atoms in total. The Bertz CT molecular complexity index is 938. The average Bonchev–Trinajstić information content (AvgIpc) is 2.73. The summed E-state index contributed by atoms with van der Waals surface area (Å²) in [6.45, 7) is 5.74. The van der Waals surface area contributed by atoms with Gasteiger partial charge in [-0.05, 0) is 50.2 Å². The van der Waals surface area contributed by atoms with E-state index in [1.165, 1.54) is 24.3 Å². The normalized spacial score (nSPS) is 11.0. The van der Waals surface area contributed by atoms with E-state index in [0.717, 1.165) is 25.9 Å². The Morgan fingerprint density at radius 1 is 1.00 bits per heavy atom. The number of anilines is 1. The van der Waals surface area contributed by atoms with Crippen molar-refractivity contribution in [1.29, 1.82) is 0 Å². The molecular weight excluding hydrogens is 382 g/mol. The van der Waals surface area contributed by atoms with Crippen LogP contribution >= 0.6 is 0 Å². The highest BCUT2D eigenvalue weighted by molar-refractivity contribution is 7.89. The molecule has 0 aliphatic rings. The minimum absolute atomic E-state index is 0.129. The van der Waals surface area contributed by atoms with E-state index in [-0.39, 0.29) is 10.5 Å². The SMILES string of the molecule is CCN(CC)c1ccc(C(=O)NNS(=O)(=O)c2ccccc2C(=O)OC)cc1. The number of nitrogens with one attached hydrogen (secondary N) is 2. The van der Waals surface area contributed by atoms with Crippen LogP contribution in [0.15, 0.2) is 53.4 Å². The van der Waals surface area contributed by atoms with Crippen LogP contribution in [-0.2, 0) is 14.8 Å². The highest BCUT2D eigenvalue weighted by atomic mass is 32.2. The quantitative estimate of drug-likeness (QED) is 0.514. The Balaban J connectivity index is 2.13. The molecule has 2 aromatic rings. The molecule has 2 aromatic carbocycles. The van der Waals surface area contributed by atoms with Gasteiger partial charge in [0.1, 0.15) is 0 Å². The second kappa shape index (κ2) is 9.34. The lowest BCUT2D eigenvalue weighted by atomic mass is 10.2. The molecular formula is C19H23N3O5S. The first-order valence-corrected chi connectivity index (χ1v) is 10.2. The van der Waals surface area contributed by atoms with Gasteiger partial charge in [0, 0.05) is 24.3 Å². The largest absolute Gasteiger partial charge is 0.465 e. The number of amides is 1. The molecule has 0 spiro atoms. The number of rotatable bonds is 8. The molecule has 0 unspecified atom stereocenters. The van der Waals surface area contributed by atoms with Crippen molar-refractivity contribution < 1.29 is 22.7 Å². The summed E-state index contributed by atoms with van der Waals surface area (Å²) in [5.74, 6) is -1.41. The molecule has 0 heterocycles. The van der Waals surface area contributed by atoms with E-state index in [9.17, 15) is 18.0 Å². The van der Waals surface area contributed by atoms with Crippen LogP contribution in [0, 0.1) is 0 Å². The van der Waals surface area contributed by atoms with Crippen molar-refractivity contribution in [1.82, 2.24) is 10.3 Å². The van der Waals surface area contributed by atoms with Crippen LogP contribution in [0.1, 0.15) is 34.6 Å². The number of hydrogen-bond acceptors (Lipinski definition) is 6. The van der Waals surface area contributed by atoms with E-state index in [0.29, 0.717) is 5.56 Å². The van der Waals surface area contributed by atoms with Crippen LogP contribution in [0.5, 0.6) is 0 Å². The fourth-order valence-corrected chi connectivity index (χ4v) is 3.67. The molecule has 2 N–H and O–H groups in total. The Hall–Kier alpha value is -2.91. The summed E-state index contributed by atoms with van der Waals surface area (Å²) in [6, 6.07) is 12.4. The lowest BCUT2D eigenvalue weighted by Crippen LogP contribution is -2.42. The van der Waals surface area contributed by atoms with Gasteiger partial charge < -0.3 is 9.64 Å². The van der Waals surface area contributed by atoms with Crippen molar-refractivity contribution in [2.75, 3.05) is 25.1 Å². The number of benzene rings is 2. The average molecular weight is 405 g/mol. The third-order valence-corrected chi connectivity index (χ3v) is 5.44.